The molecule has 2 aromatic rings. The van der Waals surface area contributed by atoms with Crippen LogP contribution in [0.4, 0.5) is 5.69 Å². The number of aryl methyl sites for hydroxylation is 1. The summed E-state index contributed by atoms with van der Waals surface area (Å²) < 4.78 is 15.9. The Kier molecular flexibility index (Phi) is 3.28. The number of benzene rings is 1. The number of rotatable bonds is 3. The Balaban J connectivity index is 1.79. The van der Waals surface area contributed by atoms with Crippen molar-refractivity contribution in [3.8, 4) is 11.5 Å². The molecule has 3 rings (SSSR count). The lowest BCUT2D eigenvalue weighted by Crippen LogP contribution is -2.16. The number of carbonyl (C=O) groups excluding carboxylic acids is 1. The average molecular weight is 274 g/mol. The van der Waals surface area contributed by atoms with Gasteiger partial charge in [-0.3, -0.25) is 4.79 Å². The first-order chi connectivity index (χ1) is 9.78. The van der Waals surface area contributed by atoms with Gasteiger partial charge < -0.3 is 19.3 Å². The van der Waals surface area contributed by atoms with Gasteiger partial charge in [-0.15, -0.1) is 0 Å². The van der Waals surface area contributed by atoms with Crippen molar-refractivity contribution < 1.29 is 18.8 Å². The topological polar surface area (TPSA) is 73.6 Å². The molecule has 0 aliphatic carbocycles. The van der Waals surface area contributed by atoms with Crippen molar-refractivity contribution in [2.45, 2.75) is 13.3 Å². The Morgan fingerprint density at radius 3 is 2.90 bits per heavy atom. The number of amides is 1. The van der Waals surface area contributed by atoms with Gasteiger partial charge in [-0.2, -0.15) is 0 Å². The van der Waals surface area contributed by atoms with Gasteiger partial charge in [-0.05, 0) is 12.1 Å². The van der Waals surface area contributed by atoms with Crippen LogP contribution in [-0.2, 0) is 6.42 Å². The van der Waals surface area contributed by atoms with Crippen molar-refractivity contribution >= 4 is 11.6 Å². The molecule has 0 saturated carbocycles. The summed E-state index contributed by atoms with van der Waals surface area (Å²) >= 11 is 0. The van der Waals surface area contributed by atoms with E-state index in [0.717, 1.165) is 0 Å². The predicted octanol–water partition coefficient (Wildman–Crippen LogP) is 2.26. The molecule has 6 nitrogen and oxygen atoms in total. The van der Waals surface area contributed by atoms with Crippen LogP contribution in [0, 0.1) is 0 Å². The van der Waals surface area contributed by atoms with Gasteiger partial charge in [0.15, 0.2) is 11.5 Å². The van der Waals surface area contributed by atoms with Gasteiger partial charge in [-0.25, -0.2) is 0 Å². The maximum absolute atomic E-state index is 12.1. The number of nitrogens with zero attached hydrogens (tertiary/aromatic N) is 1. The van der Waals surface area contributed by atoms with Crippen LogP contribution in [0.1, 0.15) is 23.0 Å². The first-order valence-corrected chi connectivity index (χ1v) is 6.42. The smallest absolute Gasteiger partial charge is 0.260 e. The molecule has 1 aliphatic rings. The quantitative estimate of drug-likeness (QED) is 0.929. The highest BCUT2D eigenvalue weighted by molar-refractivity contribution is 6.04. The van der Waals surface area contributed by atoms with Gasteiger partial charge in [0.2, 0.25) is 0 Å². The SMILES string of the molecule is CCc1oncc1C(=O)Nc1ccc2c(c1)OCCO2. The fourth-order valence-electron chi connectivity index (χ4n) is 2.02. The molecule has 1 amide bonds. The molecular weight excluding hydrogens is 260 g/mol. The molecule has 104 valence electrons. The maximum atomic E-state index is 12.1. The normalized spacial score (nSPS) is 13.1. The third-order valence-electron chi connectivity index (χ3n) is 3.01. The molecule has 0 unspecified atom stereocenters. The Hall–Kier alpha value is -2.50. The van der Waals surface area contributed by atoms with Crippen LogP contribution in [0.15, 0.2) is 28.9 Å². The zero-order valence-corrected chi connectivity index (χ0v) is 11.0. The number of fused-ring (bicyclic) bond motifs is 1. The van der Waals surface area contributed by atoms with E-state index in [1.807, 2.05) is 6.92 Å². The lowest BCUT2D eigenvalue weighted by molar-refractivity contribution is 0.102. The fourth-order valence-corrected chi connectivity index (χ4v) is 2.02. The summed E-state index contributed by atoms with van der Waals surface area (Å²) in [5.74, 6) is 1.64. The molecule has 1 aromatic carbocycles. The lowest BCUT2D eigenvalue weighted by atomic mass is 10.2. The molecule has 0 radical (unpaired) electrons. The molecule has 0 bridgehead atoms. The first-order valence-electron chi connectivity index (χ1n) is 6.42. The van der Waals surface area contributed by atoms with Crippen LogP contribution in [0.3, 0.4) is 0 Å². The van der Waals surface area contributed by atoms with E-state index in [0.29, 0.717) is 48.1 Å². The van der Waals surface area contributed by atoms with Gasteiger partial charge in [0.05, 0.1) is 6.20 Å². The van der Waals surface area contributed by atoms with Gasteiger partial charge in [-0.1, -0.05) is 12.1 Å². The summed E-state index contributed by atoms with van der Waals surface area (Å²) in [5, 5.41) is 6.44. The zero-order chi connectivity index (χ0) is 13.9. The Bertz CT molecular complexity index is 636. The van der Waals surface area contributed by atoms with E-state index < -0.39 is 0 Å². The first kappa shape index (κ1) is 12.5. The highest BCUT2D eigenvalue weighted by Crippen LogP contribution is 2.32. The molecule has 0 saturated heterocycles. The Labute approximate surface area is 115 Å². The number of aromatic nitrogens is 1. The van der Waals surface area contributed by atoms with Crippen LogP contribution in [0.25, 0.3) is 0 Å². The molecule has 20 heavy (non-hydrogen) atoms. The minimum Gasteiger partial charge on any atom is -0.486 e. The standard InChI is InChI=1S/C14H14N2O4/c1-2-11-10(8-15-20-11)14(17)16-9-3-4-12-13(7-9)19-6-5-18-12/h3-4,7-8H,2,5-6H2,1H3,(H,16,17). The highest BCUT2D eigenvalue weighted by Gasteiger charge is 2.17. The third-order valence-corrected chi connectivity index (χ3v) is 3.01. The van der Waals surface area contributed by atoms with Gasteiger partial charge >= 0.3 is 0 Å². The van der Waals surface area contributed by atoms with Gasteiger partial charge in [0.25, 0.3) is 5.91 Å². The Morgan fingerprint density at radius 1 is 1.30 bits per heavy atom. The summed E-state index contributed by atoms with van der Waals surface area (Å²) in [6, 6.07) is 5.29. The maximum Gasteiger partial charge on any atom is 0.260 e. The second-order valence-corrected chi connectivity index (χ2v) is 4.33. The number of carbonyl (C=O) groups is 1. The van der Waals surface area contributed by atoms with E-state index in [4.69, 9.17) is 14.0 Å². The van der Waals surface area contributed by atoms with E-state index in [2.05, 4.69) is 10.5 Å². The Morgan fingerprint density at radius 2 is 2.10 bits per heavy atom. The largest absolute Gasteiger partial charge is 0.486 e. The van der Waals surface area contributed by atoms with Crippen molar-refractivity contribution in [2.75, 3.05) is 18.5 Å². The molecule has 1 aromatic heterocycles. The van der Waals surface area contributed by atoms with E-state index in [9.17, 15) is 4.79 Å². The van der Waals surface area contributed by atoms with Crippen LogP contribution >= 0.6 is 0 Å². The van der Waals surface area contributed by atoms with Gasteiger partial charge in [0.1, 0.15) is 24.5 Å². The minimum atomic E-state index is -0.250. The van der Waals surface area contributed by atoms with E-state index in [1.54, 1.807) is 18.2 Å². The molecule has 6 heteroatoms. The van der Waals surface area contributed by atoms with Crippen molar-refractivity contribution in [3.63, 3.8) is 0 Å². The number of anilines is 1. The van der Waals surface area contributed by atoms with Crippen molar-refractivity contribution in [1.29, 1.82) is 0 Å². The summed E-state index contributed by atoms with van der Waals surface area (Å²) in [6.07, 6.45) is 2.04. The predicted molar refractivity (Wildman–Crippen MR) is 71.3 cm³/mol. The van der Waals surface area contributed by atoms with Crippen LogP contribution < -0.4 is 14.8 Å². The van der Waals surface area contributed by atoms with Crippen LogP contribution in [-0.4, -0.2) is 24.3 Å². The highest BCUT2D eigenvalue weighted by atomic mass is 16.6. The second kappa shape index (κ2) is 5.24. The van der Waals surface area contributed by atoms with E-state index in [-0.39, 0.29) is 5.91 Å². The molecule has 2 heterocycles. The molecule has 0 fully saturated rings. The minimum absolute atomic E-state index is 0.250. The van der Waals surface area contributed by atoms with Crippen molar-refractivity contribution in [3.05, 3.63) is 35.7 Å². The van der Waals surface area contributed by atoms with Crippen molar-refractivity contribution in [2.24, 2.45) is 0 Å². The van der Waals surface area contributed by atoms with E-state index in [1.165, 1.54) is 6.20 Å². The molecular formula is C14H14N2O4. The number of ether oxygens (including phenoxy) is 2. The number of hydrogen-bond acceptors (Lipinski definition) is 5. The van der Waals surface area contributed by atoms with Gasteiger partial charge in [0, 0.05) is 18.2 Å². The lowest BCUT2D eigenvalue weighted by Gasteiger charge is -2.18. The van der Waals surface area contributed by atoms with Crippen molar-refractivity contribution in [1.82, 2.24) is 5.16 Å². The molecule has 0 spiro atoms. The summed E-state index contributed by atoms with van der Waals surface area (Å²) in [4.78, 5) is 12.1. The molecule has 0 atom stereocenters. The molecule has 1 aliphatic heterocycles. The fraction of sp³-hybridized carbons (Fsp3) is 0.286. The summed E-state index contributed by atoms with van der Waals surface area (Å²) in [7, 11) is 0. The average Bonchev–Trinajstić information content (AvgIpc) is 2.95. The monoisotopic (exact) mass is 274 g/mol. The third kappa shape index (κ3) is 2.32. The number of nitrogens with one attached hydrogen (secondary N) is 1. The summed E-state index contributed by atoms with van der Waals surface area (Å²) in [6.45, 7) is 2.96. The zero-order valence-electron chi connectivity index (χ0n) is 11.0. The second-order valence-electron chi connectivity index (χ2n) is 4.33. The summed E-state index contributed by atoms with van der Waals surface area (Å²) in [5.41, 5.74) is 1.09. The molecule has 1 N–H and O–H groups in total. The van der Waals surface area contributed by atoms with Crippen LogP contribution in [0.5, 0.6) is 11.5 Å². The number of hydrogen-bond donors (Lipinski definition) is 1. The van der Waals surface area contributed by atoms with Crippen LogP contribution in [0.2, 0.25) is 0 Å². The van der Waals surface area contributed by atoms with E-state index >= 15 is 0 Å².